The lowest BCUT2D eigenvalue weighted by Gasteiger charge is -2.06. The summed E-state index contributed by atoms with van der Waals surface area (Å²) in [6.07, 6.45) is 0. The molecule has 0 spiro atoms. The summed E-state index contributed by atoms with van der Waals surface area (Å²) in [4.78, 5) is 12.5. The van der Waals surface area contributed by atoms with Crippen LogP contribution in [0.4, 0.5) is 5.69 Å². The predicted octanol–water partition coefficient (Wildman–Crippen LogP) is 2.99. The lowest BCUT2D eigenvalue weighted by atomic mass is 10.3. The molecule has 3 N–H and O–H groups in total. The highest BCUT2D eigenvalue weighted by Gasteiger charge is 2.08. The molecule has 1 amide bonds. The molecule has 2 rings (SSSR count). The molecule has 0 radical (unpaired) electrons. The number of carbonyl (C=O) groups is 1. The number of rotatable bonds is 5. The van der Waals surface area contributed by atoms with Crippen molar-refractivity contribution in [2.24, 2.45) is 5.73 Å². The zero-order valence-electron chi connectivity index (χ0n) is 10.1. The fourth-order valence-corrected chi connectivity index (χ4v) is 2.38. The first-order valence-electron chi connectivity index (χ1n) is 5.68. The molecule has 1 heterocycles. The van der Waals surface area contributed by atoms with Gasteiger partial charge in [-0.15, -0.1) is 11.3 Å². The van der Waals surface area contributed by atoms with Crippen molar-refractivity contribution in [3.8, 4) is 5.75 Å². The van der Waals surface area contributed by atoms with Crippen LogP contribution in [0.25, 0.3) is 0 Å². The van der Waals surface area contributed by atoms with Gasteiger partial charge < -0.3 is 15.8 Å². The minimum absolute atomic E-state index is 0.174. The predicted molar refractivity (Wildman–Crippen MR) is 78.3 cm³/mol. The second-order valence-corrected chi connectivity index (χ2v) is 5.43. The molecule has 0 aliphatic carbocycles. The number of benzene rings is 1. The average Bonchev–Trinajstić information content (AvgIpc) is 2.85. The molecule has 100 valence electrons. The molecule has 0 fully saturated rings. The van der Waals surface area contributed by atoms with Crippen molar-refractivity contribution < 1.29 is 9.53 Å². The molecule has 0 saturated carbocycles. The lowest BCUT2D eigenvalue weighted by Crippen LogP contribution is -2.11. The number of nitrogens with two attached hydrogens (primary N) is 1. The molecule has 4 nitrogen and oxygen atoms in total. The van der Waals surface area contributed by atoms with E-state index in [9.17, 15) is 4.79 Å². The van der Waals surface area contributed by atoms with Crippen molar-refractivity contribution in [1.82, 2.24) is 0 Å². The van der Waals surface area contributed by atoms with Crippen molar-refractivity contribution in [3.63, 3.8) is 0 Å². The van der Waals surface area contributed by atoms with E-state index in [0.29, 0.717) is 28.1 Å². The first-order valence-corrected chi connectivity index (χ1v) is 6.88. The number of nitrogens with one attached hydrogen (secondary N) is 1. The summed E-state index contributed by atoms with van der Waals surface area (Å²) in [7, 11) is 0. The van der Waals surface area contributed by atoms with Gasteiger partial charge >= 0.3 is 0 Å². The van der Waals surface area contributed by atoms with E-state index in [1.54, 1.807) is 36.4 Å². The fourth-order valence-electron chi connectivity index (χ4n) is 1.44. The largest absolute Gasteiger partial charge is 0.492 e. The Morgan fingerprint density at radius 3 is 2.58 bits per heavy atom. The number of hydrogen-bond donors (Lipinski definition) is 2. The number of thiophene rings is 1. The standard InChI is InChI=1S/C13H13ClN2O2S/c14-12-6-5-11(19-12)13(17)16-9-1-3-10(4-2-9)18-8-7-15/h1-6H,7-8,15H2,(H,16,17). The van der Waals surface area contributed by atoms with Gasteiger partial charge in [0.25, 0.3) is 5.91 Å². The van der Waals surface area contributed by atoms with E-state index >= 15 is 0 Å². The smallest absolute Gasteiger partial charge is 0.265 e. The molecular formula is C13H13ClN2O2S. The van der Waals surface area contributed by atoms with Crippen LogP contribution in [0.2, 0.25) is 4.34 Å². The van der Waals surface area contributed by atoms with Crippen LogP contribution in [0.5, 0.6) is 5.75 Å². The summed E-state index contributed by atoms with van der Waals surface area (Å²) in [5.41, 5.74) is 6.05. The van der Waals surface area contributed by atoms with Crippen molar-refractivity contribution in [1.29, 1.82) is 0 Å². The van der Waals surface area contributed by atoms with Crippen LogP contribution >= 0.6 is 22.9 Å². The van der Waals surface area contributed by atoms with Gasteiger partial charge in [-0.2, -0.15) is 0 Å². The van der Waals surface area contributed by atoms with E-state index in [0.717, 1.165) is 5.75 Å². The first-order chi connectivity index (χ1) is 9.19. The van der Waals surface area contributed by atoms with E-state index in [1.807, 2.05) is 0 Å². The van der Waals surface area contributed by atoms with E-state index in [4.69, 9.17) is 22.1 Å². The van der Waals surface area contributed by atoms with Gasteiger partial charge in [-0.05, 0) is 36.4 Å². The van der Waals surface area contributed by atoms with Gasteiger partial charge in [-0.1, -0.05) is 11.6 Å². The zero-order valence-corrected chi connectivity index (χ0v) is 11.6. The summed E-state index contributed by atoms with van der Waals surface area (Å²) >= 11 is 7.03. The zero-order chi connectivity index (χ0) is 13.7. The minimum atomic E-state index is -0.174. The Morgan fingerprint density at radius 1 is 1.26 bits per heavy atom. The van der Waals surface area contributed by atoms with Crippen molar-refractivity contribution in [3.05, 3.63) is 45.6 Å². The molecule has 2 aromatic rings. The first kappa shape index (κ1) is 13.9. The van der Waals surface area contributed by atoms with Crippen molar-refractivity contribution in [2.45, 2.75) is 0 Å². The molecule has 6 heteroatoms. The van der Waals surface area contributed by atoms with Crippen molar-refractivity contribution in [2.75, 3.05) is 18.5 Å². The van der Waals surface area contributed by atoms with Gasteiger partial charge in [0, 0.05) is 12.2 Å². The molecule has 1 aromatic heterocycles. The topological polar surface area (TPSA) is 64.3 Å². The molecule has 0 bridgehead atoms. The molecule has 19 heavy (non-hydrogen) atoms. The van der Waals surface area contributed by atoms with Crippen LogP contribution < -0.4 is 15.8 Å². The second-order valence-electron chi connectivity index (χ2n) is 3.72. The number of ether oxygens (including phenoxy) is 1. The van der Waals surface area contributed by atoms with Crippen LogP contribution in [0.15, 0.2) is 36.4 Å². The highest BCUT2D eigenvalue weighted by atomic mass is 35.5. The summed E-state index contributed by atoms with van der Waals surface area (Å²) < 4.78 is 5.94. The number of amides is 1. The van der Waals surface area contributed by atoms with Crippen LogP contribution in [0, 0.1) is 0 Å². The van der Waals surface area contributed by atoms with Gasteiger partial charge in [0.05, 0.1) is 9.21 Å². The van der Waals surface area contributed by atoms with E-state index in [1.165, 1.54) is 11.3 Å². The Balaban J connectivity index is 1.97. The summed E-state index contributed by atoms with van der Waals surface area (Å²) in [6, 6.07) is 10.5. The Morgan fingerprint density at radius 2 is 2.00 bits per heavy atom. The van der Waals surface area contributed by atoms with Crippen molar-refractivity contribution >= 4 is 34.5 Å². The summed E-state index contributed by atoms with van der Waals surface area (Å²) in [6.45, 7) is 0.941. The molecule has 0 aliphatic rings. The molecule has 0 aliphatic heterocycles. The van der Waals surface area contributed by atoms with E-state index in [-0.39, 0.29) is 5.91 Å². The molecule has 0 saturated heterocycles. The normalized spacial score (nSPS) is 10.2. The third-order valence-corrected chi connectivity index (χ3v) is 3.53. The number of carbonyl (C=O) groups excluding carboxylic acids is 1. The fraction of sp³-hybridized carbons (Fsp3) is 0.154. The SMILES string of the molecule is NCCOc1ccc(NC(=O)c2ccc(Cl)s2)cc1. The highest BCUT2D eigenvalue weighted by Crippen LogP contribution is 2.23. The maximum atomic E-state index is 11.9. The monoisotopic (exact) mass is 296 g/mol. The Hall–Kier alpha value is -1.56. The maximum absolute atomic E-state index is 11.9. The lowest BCUT2D eigenvalue weighted by molar-refractivity contribution is 0.103. The Labute approximate surface area is 120 Å². The molecule has 0 unspecified atom stereocenters. The van der Waals surface area contributed by atoms with Gasteiger partial charge in [-0.3, -0.25) is 4.79 Å². The number of halogens is 1. The number of hydrogen-bond acceptors (Lipinski definition) is 4. The van der Waals surface area contributed by atoms with Gasteiger partial charge in [0.1, 0.15) is 12.4 Å². The maximum Gasteiger partial charge on any atom is 0.265 e. The summed E-state index contributed by atoms with van der Waals surface area (Å²) in [5.74, 6) is 0.551. The van der Waals surface area contributed by atoms with Crippen LogP contribution in [0.3, 0.4) is 0 Å². The van der Waals surface area contributed by atoms with Gasteiger partial charge in [0.2, 0.25) is 0 Å². The summed E-state index contributed by atoms with van der Waals surface area (Å²) in [5, 5.41) is 2.79. The van der Waals surface area contributed by atoms with Crippen LogP contribution in [-0.4, -0.2) is 19.1 Å². The second kappa shape index (κ2) is 6.56. The Bertz CT molecular complexity index is 554. The van der Waals surface area contributed by atoms with E-state index in [2.05, 4.69) is 5.32 Å². The average molecular weight is 297 g/mol. The van der Waals surface area contributed by atoms with Gasteiger partial charge in [0.15, 0.2) is 0 Å². The van der Waals surface area contributed by atoms with Crippen LogP contribution in [-0.2, 0) is 0 Å². The minimum Gasteiger partial charge on any atom is -0.492 e. The third-order valence-electron chi connectivity index (χ3n) is 2.30. The molecule has 0 atom stereocenters. The number of anilines is 1. The Kier molecular flexibility index (Phi) is 4.79. The van der Waals surface area contributed by atoms with Crippen LogP contribution in [0.1, 0.15) is 9.67 Å². The highest BCUT2D eigenvalue weighted by molar-refractivity contribution is 7.18. The van der Waals surface area contributed by atoms with Gasteiger partial charge in [-0.25, -0.2) is 0 Å². The quantitative estimate of drug-likeness (QED) is 0.891. The third kappa shape index (κ3) is 3.96. The molecular weight excluding hydrogens is 284 g/mol. The van der Waals surface area contributed by atoms with E-state index < -0.39 is 0 Å². The molecule has 1 aromatic carbocycles.